The van der Waals surface area contributed by atoms with Gasteiger partial charge in [-0.2, -0.15) is 0 Å². The van der Waals surface area contributed by atoms with E-state index in [1.54, 1.807) is 0 Å². The fourth-order valence-corrected chi connectivity index (χ4v) is 1.03. The second-order valence-corrected chi connectivity index (χ2v) is 2.23. The monoisotopic (exact) mass is 162 g/mol. The summed E-state index contributed by atoms with van der Waals surface area (Å²) in [7, 11) is 0. The summed E-state index contributed by atoms with van der Waals surface area (Å²) in [6.07, 6.45) is 11.9. The molecule has 12 heavy (non-hydrogen) atoms. The van der Waals surface area contributed by atoms with Gasteiger partial charge in [0.2, 0.25) is 0 Å². The minimum Gasteiger partial charge on any atom is -0.329 e. The Morgan fingerprint density at radius 1 is 1.33 bits per heavy atom. The molecule has 0 bridgehead atoms. The fraction of sp³-hybridized carbons (Fsp3) is 0.300. The van der Waals surface area contributed by atoms with Crippen molar-refractivity contribution in [1.82, 2.24) is 4.90 Å². The summed E-state index contributed by atoms with van der Waals surface area (Å²) in [5.41, 5.74) is 0. The normalized spacial score (nSPS) is 17.8. The molecule has 2 heterocycles. The lowest BCUT2D eigenvalue weighted by Gasteiger charge is -2.22. The standard InChI is InChI=1S/C8H8N2.C2H6/c1-2-6-10-7-3-5-9-8(10)4-1;1-2/h1-6H,7H2;1-2H3. The van der Waals surface area contributed by atoms with Crippen molar-refractivity contribution in [3.63, 3.8) is 0 Å². The average molecular weight is 162 g/mol. The van der Waals surface area contributed by atoms with Gasteiger partial charge in [0, 0.05) is 18.9 Å². The van der Waals surface area contributed by atoms with E-state index in [0.717, 1.165) is 12.4 Å². The van der Waals surface area contributed by atoms with Gasteiger partial charge in [0.05, 0.1) is 0 Å². The highest BCUT2D eigenvalue weighted by Gasteiger charge is 2.07. The van der Waals surface area contributed by atoms with Crippen molar-refractivity contribution in [2.75, 3.05) is 6.54 Å². The number of rotatable bonds is 0. The lowest BCUT2D eigenvalue weighted by atomic mass is 10.3. The van der Waals surface area contributed by atoms with Gasteiger partial charge in [-0.3, -0.25) is 0 Å². The van der Waals surface area contributed by atoms with Crippen LogP contribution < -0.4 is 0 Å². The molecule has 2 aliphatic heterocycles. The van der Waals surface area contributed by atoms with E-state index >= 15 is 0 Å². The van der Waals surface area contributed by atoms with Crippen molar-refractivity contribution < 1.29 is 0 Å². The lowest BCUT2D eigenvalue weighted by molar-refractivity contribution is 0.614. The smallest absolute Gasteiger partial charge is 0.132 e. The average Bonchev–Trinajstić information content (AvgIpc) is 2.21. The molecule has 64 valence electrons. The molecular weight excluding hydrogens is 148 g/mol. The highest BCUT2D eigenvalue weighted by atomic mass is 15.2. The first-order chi connectivity index (χ1) is 5.97. The molecule has 0 saturated heterocycles. The lowest BCUT2D eigenvalue weighted by Crippen LogP contribution is -2.27. The summed E-state index contributed by atoms with van der Waals surface area (Å²) < 4.78 is 0. The molecule has 2 nitrogen and oxygen atoms in total. The van der Waals surface area contributed by atoms with Crippen LogP contribution in [0.5, 0.6) is 0 Å². The van der Waals surface area contributed by atoms with Gasteiger partial charge < -0.3 is 4.90 Å². The van der Waals surface area contributed by atoms with Crippen LogP contribution in [0.1, 0.15) is 13.8 Å². The summed E-state index contributed by atoms with van der Waals surface area (Å²) >= 11 is 0. The van der Waals surface area contributed by atoms with Crippen molar-refractivity contribution in [2.45, 2.75) is 13.8 Å². The Kier molecular flexibility index (Phi) is 3.33. The van der Waals surface area contributed by atoms with Gasteiger partial charge in [0.1, 0.15) is 5.84 Å². The molecule has 0 fully saturated rings. The van der Waals surface area contributed by atoms with Gasteiger partial charge in [-0.25, -0.2) is 4.99 Å². The molecule has 0 radical (unpaired) electrons. The predicted molar refractivity (Wildman–Crippen MR) is 52.9 cm³/mol. The Hall–Kier alpha value is -1.31. The first-order valence-corrected chi connectivity index (χ1v) is 4.31. The summed E-state index contributed by atoms with van der Waals surface area (Å²) in [5.74, 6) is 1.03. The van der Waals surface area contributed by atoms with Crippen LogP contribution >= 0.6 is 0 Å². The Balaban J connectivity index is 0.000000336. The maximum atomic E-state index is 4.18. The van der Waals surface area contributed by atoms with Crippen LogP contribution in [0.15, 0.2) is 41.7 Å². The van der Waals surface area contributed by atoms with E-state index in [4.69, 9.17) is 0 Å². The van der Waals surface area contributed by atoms with Crippen LogP contribution in [0.3, 0.4) is 0 Å². The molecule has 0 spiro atoms. The Labute approximate surface area is 73.6 Å². The highest BCUT2D eigenvalue weighted by Crippen LogP contribution is 2.06. The number of hydrogen-bond donors (Lipinski definition) is 0. The number of nitrogens with zero attached hydrogens (tertiary/aromatic N) is 2. The Morgan fingerprint density at radius 2 is 2.17 bits per heavy atom. The molecule has 0 N–H and O–H groups in total. The van der Waals surface area contributed by atoms with Gasteiger partial charge in [0.15, 0.2) is 0 Å². The van der Waals surface area contributed by atoms with Crippen LogP contribution in [0.25, 0.3) is 0 Å². The third-order valence-electron chi connectivity index (χ3n) is 1.53. The molecule has 0 aromatic carbocycles. The molecular formula is C10H14N2. The van der Waals surface area contributed by atoms with Gasteiger partial charge >= 0.3 is 0 Å². The van der Waals surface area contributed by atoms with E-state index in [9.17, 15) is 0 Å². The molecule has 2 rings (SSSR count). The van der Waals surface area contributed by atoms with Gasteiger partial charge in [-0.1, -0.05) is 19.9 Å². The second-order valence-electron chi connectivity index (χ2n) is 2.23. The van der Waals surface area contributed by atoms with E-state index in [2.05, 4.69) is 9.89 Å². The SMILES string of the molecule is C1=CC2=NC=CCN2C=C1.CC. The van der Waals surface area contributed by atoms with Crippen molar-refractivity contribution in [3.8, 4) is 0 Å². The van der Waals surface area contributed by atoms with Crippen LogP contribution in [-0.4, -0.2) is 17.3 Å². The second kappa shape index (κ2) is 4.54. The van der Waals surface area contributed by atoms with E-state index < -0.39 is 0 Å². The molecule has 2 heteroatoms. The van der Waals surface area contributed by atoms with Crippen molar-refractivity contribution in [3.05, 3.63) is 36.7 Å². The maximum Gasteiger partial charge on any atom is 0.132 e. The summed E-state index contributed by atoms with van der Waals surface area (Å²) in [6, 6.07) is 0. The van der Waals surface area contributed by atoms with Gasteiger partial charge in [-0.15, -0.1) is 0 Å². The Bertz CT molecular complexity index is 247. The number of aliphatic imine (C=N–C) groups is 1. The fourth-order valence-electron chi connectivity index (χ4n) is 1.03. The first kappa shape index (κ1) is 8.78. The summed E-state index contributed by atoms with van der Waals surface area (Å²) in [5, 5.41) is 0. The van der Waals surface area contributed by atoms with Crippen LogP contribution in [-0.2, 0) is 0 Å². The zero-order valence-corrected chi connectivity index (χ0v) is 7.57. The van der Waals surface area contributed by atoms with E-state index in [1.165, 1.54) is 0 Å². The molecule has 0 aromatic heterocycles. The quantitative estimate of drug-likeness (QED) is 0.533. The molecule has 0 unspecified atom stereocenters. The maximum absolute atomic E-state index is 4.18. The largest absolute Gasteiger partial charge is 0.329 e. The molecule has 0 saturated carbocycles. The third-order valence-corrected chi connectivity index (χ3v) is 1.53. The topological polar surface area (TPSA) is 15.6 Å². The zero-order chi connectivity index (χ0) is 8.81. The van der Waals surface area contributed by atoms with Crippen LogP contribution in [0.4, 0.5) is 0 Å². The summed E-state index contributed by atoms with van der Waals surface area (Å²) in [4.78, 5) is 6.27. The van der Waals surface area contributed by atoms with E-state index in [0.29, 0.717) is 0 Å². The minimum atomic E-state index is 0.944. The highest BCUT2D eigenvalue weighted by molar-refractivity contribution is 5.95. The molecule has 2 aliphatic rings. The number of hydrogen-bond acceptors (Lipinski definition) is 2. The van der Waals surface area contributed by atoms with Crippen molar-refractivity contribution in [2.24, 2.45) is 4.99 Å². The van der Waals surface area contributed by atoms with E-state index in [1.807, 2.05) is 50.6 Å². The predicted octanol–water partition coefficient (Wildman–Crippen LogP) is 2.32. The van der Waals surface area contributed by atoms with Gasteiger partial charge in [-0.05, 0) is 18.2 Å². The van der Waals surface area contributed by atoms with Crippen LogP contribution in [0.2, 0.25) is 0 Å². The first-order valence-electron chi connectivity index (χ1n) is 4.31. The number of allylic oxidation sites excluding steroid dienone is 2. The molecule has 0 aliphatic carbocycles. The van der Waals surface area contributed by atoms with Crippen molar-refractivity contribution in [1.29, 1.82) is 0 Å². The summed E-state index contributed by atoms with van der Waals surface area (Å²) in [6.45, 7) is 4.94. The molecule has 0 amide bonds. The minimum absolute atomic E-state index is 0.944. The third kappa shape index (κ3) is 1.84. The van der Waals surface area contributed by atoms with Crippen LogP contribution in [0, 0.1) is 0 Å². The molecule has 0 aromatic rings. The van der Waals surface area contributed by atoms with Gasteiger partial charge in [0.25, 0.3) is 0 Å². The Morgan fingerprint density at radius 3 is 2.92 bits per heavy atom. The zero-order valence-electron chi connectivity index (χ0n) is 7.57. The molecule has 0 atom stereocenters. The van der Waals surface area contributed by atoms with E-state index in [-0.39, 0.29) is 0 Å². The number of fused-ring (bicyclic) bond motifs is 1. The number of amidine groups is 1. The van der Waals surface area contributed by atoms with Crippen molar-refractivity contribution >= 4 is 5.84 Å².